The molecule has 0 aliphatic rings. The summed E-state index contributed by atoms with van der Waals surface area (Å²) in [6.45, 7) is 4.33. The maximum Gasteiger partial charge on any atom is 0.265 e. The van der Waals surface area contributed by atoms with Gasteiger partial charge in [0.15, 0.2) is 0 Å². The fourth-order valence-corrected chi connectivity index (χ4v) is 2.09. The highest BCUT2D eigenvalue weighted by Gasteiger charge is 2.14. The predicted molar refractivity (Wildman–Crippen MR) is 63.8 cm³/mol. The van der Waals surface area contributed by atoms with Gasteiger partial charge >= 0.3 is 0 Å². The third-order valence-electron chi connectivity index (χ3n) is 2.47. The van der Waals surface area contributed by atoms with E-state index in [1.54, 1.807) is 6.20 Å². The lowest BCUT2D eigenvalue weighted by Crippen LogP contribution is -2.23. The summed E-state index contributed by atoms with van der Waals surface area (Å²) in [5.41, 5.74) is 2.69. The van der Waals surface area contributed by atoms with E-state index in [1.165, 1.54) is 0 Å². The minimum atomic E-state index is -0.127. The minimum Gasteiger partial charge on any atom is -0.347 e. The van der Waals surface area contributed by atoms with Crippen LogP contribution in [-0.4, -0.2) is 25.7 Å². The fourth-order valence-electron chi connectivity index (χ4n) is 1.42. The van der Waals surface area contributed by atoms with Crippen molar-refractivity contribution in [2.45, 2.75) is 26.8 Å². The van der Waals surface area contributed by atoms with Crippen LogP contribution in [0.3, 0.4) is 0 Å². The number of aromatic nitrogens is 4. The lowest BCUT2D eigenvalue weighted by molar-refractivity contribution is 0.0954. The van der Waals surface area contributed by atoms with E-state index in [0.717, 1.165) is 28.5 Å². The van der Waals surface area contributed by atoms with Crippen LogP contribution >= 0.6 is 11.5 Å². The van der Waals surface area contributed by atoms with Gasteiger partial charge in [-0.1, -0.05) is 11.4 Å². The van der Waals surface area contributed by atoms with Gasteiger partial charge in [-0.3, -0.25) is 9.89 Å². The number of nitrogens with one attached hydrogen (secondary N) is 2. The molecule has 0 spiro atoms. The van der Waals surface area contributed by atoms with E-state index >= 15 is 0 Å². The molecular formula is C10H13N5OS. The number of hydrogen-bond donors (Lipinski definition) is 2. The zero-order valence-corrected chi connectivity index (χ0v) is 10.5. The van der Waals surface area contributed by atoms with Crippen LogP contribution in [0.2, 0.25) is 0 Å². The van der Waals surface area contributed by atoms with Crippen molar-refractivity contribution in [3.05, 3.63) is 28.0 Å². The molecule has 2 aromatic rings. The van der Waals surface area contributed by atoms with Gasteiger partial charge in [-0.2, -0.15) is 5.10 Å². The normalized spacial score (nSPS) is 10.5. The number of rotatable bonds is 4. The summed E-state index contributed by atoms with van der Waals surface area (Å²) in [6, 6.07) is 0. The quantitative estimate of drug-likeness (QED) is 0.851. The van der Waals surface area contributed by atoms with E-state index in [1.807, 2.05) is 13.8 Å². The Bertz CT molecular complexity index is 518. The molecule has 0 atom stereocenters. The average molecular weight is 251 g/mol. The summed E-state index contributed by atoms with van der Waals surface area (Å²) < 4.78 is 3.79. The summed E-state index contributed by atoms with van der Waals surface area (Å²) in [5.74, 6) is -0.127. The molecule has 90 valence electrons. The molecule has 2 N–H and O–H groups in total. The number of hydrogen-bond acceptors (Lipinski definition) is 5. The predicted octanol–water partition coefficient (Wildman–Crippen LogP) is 1.06. The van der Waals surface area contributed by atoms with Crippen molar-refractivity contribution in [2.75, 3.05) is 0 Å². The topological polar surface area (TPSA) is 83.6 Å². The largest absolute Gasteiger partial charge is 0.347 e. The highest BCUT2D eigenvalue weighted by molar-refractivity contribution is 7.08. The first kappa shape index (κ1) is 11.7. The maximum absolute atomic E-state index is 11.9. The molecule has 0 aliphatic heterocycles. The summed E-state index contributed by atoms with van der Waals surface area (Å²) >= 11 is 1.13. The Balaban J connectivity index is 2.01. The molecule has 0 saturated heterocycles. The Morgan fingerprint density at radius 1 is 1.59 bits per heavy atom. The summed E-state index contributed by atoms with van der Waals surface area (Å²) in [5, 5.41) is 13.5. The summed E-state index contributed by atoms with van der Waals surface area (Å²) in [6.07, 6.45) is 2.42. The molecule has 1 amide bonds. The molecule has 0 aliphatic carbocycles. The first-order valence-electron chi connectivity index (χ1n) is 5.30. The van der Waals surface area contributed by atoms with Gasteiger partial charge in [0.25, 0.3) is 5.91 Å². The van der Waals surface area contributed by atoms with Crippen LogP contribution < -0.4 is 5.32 Å². The lowest BCUT2D eigenvalue weighted by Gasteiger charge is -2.02. The molecule has 0 bridgehead atoms. The second-order valence-corrected chi connectivity index (χ2v) is 4.36. The molecule has 2 heterocycles. The van der Waals surface area contributed by atoms with Crippen LogP contribution in [0.1, 0.15) is 33.5 Å². The second kappa shape index (κ2) is 5.05. The van der Waals surface area contributed by atoms with E-state index in [0.29, 0.717) is 17.8 Å². The van der Waals surface area contributed by atoms with Crippen molar-refractivity contribution in [1.82, 2.24) is 25.1 Å². The zero-order chi connectivity index (χ0) is 12.3. The SMILES string of the molecule is CCc1nnsc1C(=O)NCc1cn[nH]c1C. The fraction of sp³-hybridized carbons (Fsp3) is 0.400. The van der Waals surface area contributed by atoms with Crippen molar-refractivity contribution in [3.63, 3.8) is 0 Å². The first-order valence-corrected chi connectivity index (χ1v) is 6.08. The van der Waals surface area contributed by atoms with Gasteiger partial charge in [-0.15, -0.1) is 5.10 Å². The number of aromatic amines is 1. The molecule has 0 aromatic carbocycles. The average Bonchev–Trinajstić information content (AvgIpc) is 2.94. The number of carbonyl (C=O) groups excluding carboxylic acids is 1. The molecule has 2 aromatic heterocycles. The monoisotopic (exact) mass is 251 g/mol. The van der Waals surface area contributed by atoms with E-state index in [2.05, 4.69) is 25.1 Å². The van der Waals surface area contributed by atoms with E-state index in [4.69, 9.17) is 0 Å². The molecule has 7 heteroatoms. The van der Waals surface area contributed by atoms with Crippen molar-refractivity contribution in [1.29, 1.82) is 0 Å². The molecule has 0 saturated carbocycles. The van der Waals surface area contributed by atoms with Gasteiger partial charge in [0.1, 0.15) is 4.88 Å². The minimum absolute atomic E-state index is 0.127. The number of amides is 1. The standard InChI is InChI=1S/C10H13N5OS/c1-3-8-9(17-15-14-8)10(16)11-4-7-5-12-13-6(7)2/h5H,3-4H2,1-2H3,(H,11,16)(H,12,13). The third kappa shape index (κ3) is 2.50. The Morgan fingerprint density at radius 3 is 3.06 bits per heavy atom. The van der Waals surface area contributed by atoms with Crippen LogP contribution in [0, 0.1) is 6.92 Å². The van der Waals surface area contributed by atoms with Gasteiger partial charge in [-0.05, 0) is 24.9 Å². The molecule has 0 fully saturated rings. The van der Waals surface area contributed by atoms with E-state index < -0.39 is 0 Å². The van der Waals surface area contributed by atoms with Crippen molar-refractivity contribution >= 4 is 17.4 Å². The Hall–Kier alpha value is -1.76. The van der Waals surface area contributed by atoms with Crippen LogP contribution in [0.5, 0.6) is 0 Å². The Labute approximate surface area is 103 Å². The van der Waals surface area contributed by atoms with E-state index in [-0.39, 0.29) is 5.91 Å². The lowest BCUT2D eigenvalue weighted by atomic mass is 10.2. The molecule has 0 unspecified atom stereocenters. The van der Waals surface area contributed by atoms with Crippen molar-refractivity contribution in [3.8, 4) is 0 Å². The molecule has 17 heavy (non-hydrogen) atoms. The Morgan fingerprint density at radius 2 is 2.41 bits per heavy atom. The summed E-state index contributed by atoms with van der Waals surface area (Å²) in [7, 11) is 0. The molecular weight excluding hydrogens is 238 g/mol. The van der Waals surface area contributed by atoms with Crippen molar-refractivity contribution in [2.24, 2.45) is 0 Å². The van der Waals surface area contributed by atoms with Gasteiger partial charge in [-0.25, -0.2) is 0 Å². The van der Waals surface area contributed by atoms with Gasteiger partial charge in [0.2, 0.25) is 0 Å². The van der Waals surface area contributed by atoms with Crippen LogP contribution in [0.25, 0.3) is 0 Å². The number of H-pyrrole nitrogens is 1. The third-order valence-corrected chi connectivity index (χ3v) is 3.24. The highest BCUT2D eigenvalue weighted by Crippen LogP contribution is 2.11. The van der Waals surface area contributed by atoms with Crippen LogP contribution in [0.4, 0.5) is 0 Å². The van der Waals surface area contributed by atoms with Crippen LogP contribution in [-0.2, 0) is 13.0 Å². The smallest absolute Gasteiger partial charge is 0.265 e. The summed E-state index contributed by atoms with van der Waals surface area (Å²) in [4.78, 5) is 12.5. The van der Waals surface area contributed by atoms with E-state index in [9.17, 15) is 4.79 Å². The molecule has 2 rings (SSSR count). The zero-order valence-electron chi connectivity index (χ0n) is 9.65. The van der Waals surface area contributed by atoms with Gasteiger partial charge in [0.05, 0.1) is 11.9 Å². The number of aryl methyl sites for hydroxylation is 2. The Kier molecular flexibility index (Phi) is 3.48. The molecule has 0 radical (unpaired) electrons. The highest BCUT2D eigenvalue weighted by atomic mass is 32.1. The number of nitrogens with zero attached hydrogens (tertiary/aromatic N) is 3. The second-order valence-electron chi connectivity index (χ2n) is 3.61. The van der Waals surface area contributed by atoms with Gasteiger partial charge < -0.3 is 5.32 Å². The number of carbonyl (C=O) groups is 1. The molecule has 6 nitrogen and oxygen atoms in total. The van der Waals surface area contributed by atoms with Crippen LogP contribution in [0.15, 0.2) is 6.20 Å². The first-order chi connectivity index (χ1) is 8.22. The van der Waals surface area contributed by atoms with Gasteiger partial charge in [0, 0.05) is 17.8 Å². The maximum atomic E-state index is 11.9. The van der Waals surface area contributed by atoms with Crippen molar-refractivity contribution < 1.29 is 4.79 Å².